The Hall–Kier alpha value is 0.620. The van der Waals surface area contributed by atoms with Crippen LogP contribution in [-0.2, 0) is 0 Å². The number of rotatable bonds is 6. The Kier molecular flexibility index (Phi) is 7.14. The summed E-state index contributed by atoms with van der Waals surface area (Å²) < 4.78 is 0. The first-order valence-corrected chi connectivity index (χ1v) is 8.08. The highest BCUT2D eigenvalue weighted by atomic mass is 32.2. The molecule has 0 bridgehead atoms. The normalized spacial score (nSPS) is 29.0. The second kappa shape index (κ2) is 7.82. The Balaban J connectivity index is 2.34. The summed E-state index contributed by atoms with van der Waals surface area (Å²) in [6.45, 7) is 4.59. The smallest absolute Gasteiger partial charge is 0.0340 e. The maximum Gasteiger partial charge on any atom is 0.0340 e. The van der Waals surface area contributed by atoms with E-state index >= 15 is 0 Å². The number of nitrogens with one attached hydrogen (secondary N) is 1. The molecule has 0 aromatic heterocycles. The number of unbranched alkanes of at least 4 members (excludes halogenated alkanes) is 2. The molecule has 0 aromatic carbocycles. The van der Waals surface area contributed by atoms with Crippen molar-refractivity contribution in [3.8, 4) is 0 Å². The van der Waals surface area contributed by atoms with Gasteiger partial charge in [-0.15, -0.1) is 0 Å². The minimum Gasteiger partial charge on any atom is -0.271 e. The molecule has 15 heavy (non-hydrogen) atoms. The highest BCUT2D eigenvalue weighted by molar-refractivity contribution is 8.07. The van der Waals surface area contributed by atoms with E-state index in [-0.39, 0.29) is 0 Å². The predicted octanol–water partition coefficient (Wildman–Crippen LogP) is 2.64. The summed E-state index contributed by atoms with van der Waals surface area (Å²) in [6.07, 6.45) is 5.16. The fourth-order valence-electron chi connectivity index (χ4n) is 2.05. The van der Waals surface area contributed by atoms with Gasteiger partial charge in [0.25, 0.3) is 0 Å². The number of nitrogens with two attached hydrogens (primary N) is 1. The number of thioether (sulfide) groups is 2. The van der Waals surface area contributed by atoms with Gasteiger partial charge in [-0.2, -0.15) is 23.5 Å². The van der Waals surface area contributed by atoms with Gasteiger partial charge < -0.3 is 0 Å². The van der Waals surface area contributed by atoms with Gasteiger partial charge in [0.2, 0.25) is 0 Å². The number of hydrazine groups is 1. The summed E-state index contributed by atoms with van der Waals surface area (Å²) in [6, 6.07) is 0.504. The third kappa shape index (κ3) is 4.55. The molecule has 1 aliphatic heterocycles. The Morgan fingerprint density at radius 1 is 1.33 bits per heavy atom. The highest BCUT2D eigenvalue weighted by Gasteiger charge is 2.29. The van der Waals surface area contributed by atoms with E-state index < -0.39 is 0 Å². The molecule has 90 valence electrons. The molecule has 0 radical (unpaired) electrons. The first-order valence-electron chi connectivity index (χ1n) is 5.99. The van der Waals surface area contributed by atoms with E-state index in [0.29, 0.717) is 11.3 Å². The van der Waals surface area contributed by atoms with Crippen LogP contribution in [0.25, 0.3) is 0 Å². The molecule has 4 heteroatoms. The molecule has 3 atom stereocenters. The third-order valence-electron chi connectivity index (χ3n) is 2.97. The lowest BCUT2D eigenvalue weighted by Gasteiger charge is -2.34. The van der Waals surface area contributed by atoms with Crippen LogP contribution < -0.4 is 11.3 Å². The van der Waals surface area contributed by atoms with Gasteiger partial charge in [0.05, 0.1) is 0 Å². The van der Waals surface area contributed by atoms with Gasteiger partial charge in [-0.05, 0) is 6.42 Å². The van der Waals surface area contributed by atoms with Crippen molar-refractivity contribution in [2.75, 3.05) is 11.5 Å². The zero-order valence-electron chi connectivity index (χ0n) is 9.87. The van der Waals surface area contributed by atoms with Crippen LogP contribution in [0, 0.1) is 0 Å². The molecular formula is C11H24N2S2. The largest absolute Gasteiger partial charge is 0.271 e. The average Bonchev–Trinajstić information content (AvgIpc) is 2.26. The van der Waals surface area contributed by atoms with Crippen LogP contribution in [0.2, 0.25) is 0 Å². The zero-order chi connectivity index (χ0) is 11.1. The predicted molar refractivity (Wildman–Crippen MR) is 73.4 cm³/mol. The van der Waals surface area contributed by atoms with E-state index in [4.69, 9.17) is 5.84 Å². The van der Waals surface area contributed by atoms with Crippen molar-refractivity contribution in [3.05, 3.63) is 0 Å². The monoisotopic (exact) mass is 248 g/mol. The lowest BCUT2D eigenvalue weighted by Crippen LogP contribution is -2.47. The van der Waals surface area contributed by atoms with E-state index in [1.807, 2.05) is 0 Å². The summed E-state index contributed by atoms with van der Waals surface area (Å²) >= 11 is 4.19. The van der Waals surface area contributed by atoms with Crippen LogP contribution in [0.15, 0.2) is 0 Å². The lowest BCUT2D eigenvalue weighted by atomic mass is 10.0. The van der Waals surface area contributed by atoms with E-state index in [9.17, 15) is 0 Å². The van der Waals surface area contributed by atoms with Crippen LogP contribution in [0.1, 0.15) is 39.5 Å². The van der Waals surface area contributed by atoms with Gasteiger partial charge >= 0.3 is 0 Å². The maximum absolute atomic E-state index is 5.68. The molecule has 0 saturated carbocycles. The standard InChI is InChI=1S/C11H24N2S2/c1-3-4-5-6-10(13-12)11-9(2)14-7-8-15-11/h9-11,13H,3-8,12H2,1-2H3. The molecule has 0 amide bonds. The quantitative estimate of drug-likeness (QED) is 0.430. The first-order chi connectivity index (χ1) is 7.29. The molecule has 0 aromatic rings. The fourth-order valence-corrected chi connectivity index (χ4v) is 5.03. The highest BCUT2D eigenvalue weighted by Crippen LogP contribution is 2.34. The van der Waals surface area contributed by atoms with Crippen molar-refractivity contribution in [1.82, 2.24) is 5.43 Å². The molecule has 1 saturated heterocycles. The first kappa shape index (κ1) is 13.7. The van der Waals surface area contributed by atoms with E-state index in [0.717, 1.165) is 5.25 Å². The van der Waals surface area contributed by atoms with E-state index in [1.165, 1.54) is 37.2 Å². The van der Waals surface area contributed by atoms with Crippen LogP contribution >= 0.6 is 23.5 Å². The Morgan fingerprint density at radius 3 is 2.67 bits per heavy atom. The maximum atomic E-state index is 5.68. The van der Waals surface area contributed by atoms with E-state index in [2.05, 4.69) is 42.8 Å². The summed E-state index contributed by atoms with van der Waals surface area (Å²) in [4.78, 5) is 0. The van der Waals surface area contributed by atoms with Crippen molar-refractivity contribution < 1.29 is 0 Å². The molecule has 1 rings (SSSR count). The van der Waals surface area contributed by atoms with Crippen LogP contribution in [-0.4, -0.2) is 28.0 Å². The average molecular weight is 248 g/mol. The Morgan fingerprint density at radius 2 is 2.07 bits per heavy atom. The van der Waals surface area contributed by atoms with Gasteiger partial charge in [-0.25, -0.2) is 0 Å². The van der Waals surface area contributed by atoms with Gasteiger partial charge in [0.1, 0.15) is 0 Å². The second-order valence-corrected chi connectivity index (χ2v) is 6.95. The van der Waals surface area contributed by atoms with Crippen LogP contribution in [0.4, 0.5) is 0 Å². The molecule has 3 unspecified atom stereocenters. The summed E-state index contributed by atoms with van der Waals surface area (Å²) in [5.41, 5.74) is 3.03. The van der Waals surface area contributed by atoms with Crippen molar-refractivity contribution in [2.24, 2.45) is 5.84 Å². The number of hydrogen-bond donors (Lipinski definition) is 2. The molecule has 3 N–H and O–H groups in total. The minimum atomic E-state index is 0.504. The third-order valence-corrected chi connectivity index (χ3v) is 6.22. The molecule has 2 nitrogen and oxygen atoms in total. The SMILES string of the molecule is CCCCCC(NN)C1SCCSC1C. The topological polar surface area (TPSA) is 38.0 Å². The molecule has 0 spiro atoms. The fraction of sp³-hybridized carbons (Fsp3) is 1.00. The van der Waals surface area contributed by atoms with Crippen molar-refractivity contribution >= 4 is 23.5 Å². The second-order valence-electron chi connectivity index (χ2n) is 4.18. The molecule has 1 aliphatic rings. The van der Waals surface area contributed by atoms with Gasteiger partial charge in [-0.3, -0.25) is 11.3 Å². The molecule has 1 fully saturated rings. The molecular weight excluding hydrogens is 224 g/mol. The van der Waals surface area contributed by atoms with Crippen LogP contribution in [0.3, 0.4) is 0 Å². The minimum absolute atomic E-state index is 0.504. The lowest BCUT2D eigenvalue weighted by molar-refractivity contribution is 0.452. The Bertz CT molecular complexity index is 167. The molecule has 0 aliphatic carbocycles. The Labute approximate surface area is 102 Å². The number of hydrogen-bond acceptors (Lipinski definition) is 4. The zero-order valence-corrected chi connectivity index (χ0v) is 11.5. The van der Waals surface area contributed by atoms with Crippen molar-refractivity contribution in [3.63, 3.8) is 0 Å². The van der Waals surface area contributed by atoms with Gasteiger partial charge in [0, 0.05) is 28.0 Å². The van der Waals surface area contributed by atoms with Gasteiger partial charge in [0.15, 0.2) is 0 Å². The molecule has 1 heterocycles. The van der Waals surface area contributed by atoms with Crippen molar-refractivity contribution in [2.45, 2.75) is 56.1 Å². The van der Waals surface area contributed by atoms with E-state index in [1.54, 1.807) is 0 Å². The van der Waals surface area contributed by atoms with Crippen molar-refractivity contribution in [1.29, 1.82) is 0 Å². The van der Waals surface area contributed by atoms with Gasteiger partial charge in [-0.1, -0.05) is 33.1 Å². The summed E-state index contributed by atoms with van der Waals surface area (Å²) in [5.74, 6) is 8.26. The van der Waals surface area contributed by atoms with Crippen LogP contribution in [0.5, 0.6) is 0 Å². The summed E-state index contributed by atoms with van der Waals surface area (Å²) in [7, 11) is 0. The summed E-state index contributed by atoms with van der Waals surface area (Å²) in [5, 5.41) is 1.44.